The molecule has 10 rings (SSSR count). The van der Waals surface area contributed by atoms with Gasteiger partial charge in [0.1, 0.15) is 5.84 Å². The van der Waals surface area contributed by atoms with Gasteiger partial charge in [0.05, 0.1) is 11.7 Å². The second-order valence-corrected chi connectivity index (χ2v) is 15.3. The van der Waals surface area contributed by atoms with Gasteiger partial charge in [-0.1, -0.05) is 212 Å². The summed E-state index contributed by atoms with van der Waals surface area (Å²) in [7, 11) is 0. The van der Waals surface area contributed by atoms with Gasteiger partial charge in [0.15, 0.2) is 0 Å². The molecular formula is C58H42N2. The van der Waals surface area contributed by atoms with Gasteiger partial charge in [-0.2, -0.15) is 0 Å². The van der Waals surface area contributed by atoms with Gasteiger partial charge in [-0.25, -0.2) is 4.99 Å². The summed E-state index contributed by atoms with van der Waals surface area (Å²) in [6.07, 6.45) is 2.25. The highest BCUT2D eigenvalue weighted by Gasteiger charge is 2.21. The van der Waals surface area contributed by atoms with E-state index >= 15 is 0 Å². The molecule has 0 radical (unpaired) electrons. The van der Waals surface area contributed by atoms with Crippen molar-refractivity contribution in [2.45, 2.75) is 6.04 Å². The maximum Gasteiger partial charge on any atom is 0.134 e. The summed E-state index contributed by atoms with van der Waals surface area (Å²) in [6, 6.07) is 84.4. The Morgan fingerprint density at radius 3 is 0.983 bits per heavy atom. The number of aliphatic imine (C=N–C) groups is 1. The van der Waals surface area contributed by atoms with Crippen LogP contribution in [-0.4, -0.2) is 5.84 Å². The first-order valence-electron chi connectivity index (χ1n) is 20.6. The average molecular weight is 767 g/mol. The molecule has 284 valence electrons. The molecule has 1 N–H and O–H groups in total. The van der Waals surface area contributed by atoms with E-state index in [4.69, 9.17) is 4.99 Å². The number of benzene rings is 9. The molecule has 9 aromatic rings. The molecule has 0 unspecified atom stereocenters. The quantitative estimate of drug-likeness (QED) is 0.155. The summed E-state index contributed by atoms with van der Waals surface area (Å²) < 4.78 is 0. The summed E-state index contributed by atoms with van der Waals surface area (Å²) in [5.41, 5.74) is 18.6. The molecule has 1 aliphatic heterocycles. The standard InChI is InChI=1S/C58H42N2/c1-4-14-41(15-5-1)48-20-10-22-50(36-48)44-28-32-46(33-29-44)56-40-57(60-58(59-56)55-27-13-24-52(39-55)43-18-8-3-9-19-43)47-34-30-45(31-35-47)51-23-12-26-54(38-51)53-25-11-21-49(37-53)42-16-6-2-7-17-42/h1-40,57H,(H,59,60)/t57-/m0/s1. The third-order valence-corrected chi connectivity index (χ3v) is 11.3. The van der Waals surface area contributed by atoms with Gasteiger partial charge in [-0.3, -0.25) is 0 Å². The molecule has 0 amide bonds. The normalized spacial score (nSPS) is 13.5. The van der Waals surface area contributed by atoms with Crippen molar-refractivity contribution in [3.05, 3.63) is 259 Å². The summed E-state index contributed by atoms with van der Waals surface area (Å²) in [5.74, 6) is 0.851. The van der Waals surface area contributed by atoms with Crippen LogP contribution < -0.4 is 5.32 Å². The Bertz CT molecular complexity index is 2960. The van der Waals surface area contributed by atoms with Gasteiger partial charge < -0.3 is 5.32 Å². The highest BCUT2D eigenvalue weighted by molar-refractivity contribution is 6.04. The van der Waals surface area contributed by atoms with Crippen LogP contribution in [0.25, 0.3) is 72.5 Å². The molecule has 1 aliphatic rings. The first-order valence-corrected chi connectivity index (χ1v) is 20.6. The summed E-state index contributed by atoms with van der Waals surface area (Å²) in [4.78, 5) is 5.28. The molecule has 1 atom stereocenters. The molecule has 2 nitrogen and oxygen atoms in total. The Morgan fingerprint density at radius 1 is 0.267 bits per heavy atom. The summed E-state index contributed by atoms with van der Waals surface area (Å²) in [5, 5.41) is 3.81. The SMILES string of the molecule is C1=C(c2ccc(-c3cccc(-c4ccccc4)c3)cc2)N=C(c2cccc(-c3ccccc3)c2)N[C@@H]1c1ccc(-c2cccc(-c3cccc(-c4ccccc4)c3)c2)cc1. The van der Waals surface area contributed by atoms with Crippen LogP contribution >= 0.6 is 0 Å². The molecule has 0 bridgehead atoms. The van der Waals surface area contributed by atoms with Crippen molar-refractivity contribution >= 4 is 11.5 Å². The van der Waals surface area contributed by atoms with E-state index in [0.29, 0.717) is 0 Å². The number of nitrogens with one attached hydrogen (secondary N) is 1. The zero-order valence-corrected chi connectivity index (χ0v) is 33.1. The first-order chi connectivity index (χ1) is 29.7. The minimum absolute atomic E-state index is 0.0868. The molecule has 2 heteroatoms. The number of nitrogens with zero attached hydrogens (tertiary/aromatic N) is 1. The molecule has 9 aromatic carbocycles. The van der Waals surface area contributed by atoms with Crippen LogP contribution in [0.4, 0.5) is 0 Å². The monoisotopic (exact) mass is 766 g/mol. The van der Waals surface area contributed by atoms with E-state index in [1.165, 1.54) is 66.8 Å². The lowest BCUT2D eigenvalue weighted by Gasteiger charge is -2.25. The third kappa shape index (κ3) is 7.87. The number of rotatable bonds is 9. The number of hydrogen-bond donors (Lipinski definition) is 1. The molecule has 0 saturated carbocycles. The smallest absolute Gasteiger partial charge is 0.134 e. The van der Waals surface area contributed by atoms with Gasteiger partial charge in [-0.05, 0) is 108 Å². The van der Waals surface area contributed by atoms with E-state index in [1.54, 1.807) is 0 Å². The molecule has 0 fully saturated rings. The molecular weight excluding hydrogens is 725 g/mol. The zero-order chi connectivity index (χ0) is 40.1. The molecule has 60 heavy (non-hydrogen) atoms. The number of hydrogen-bond acceptors (Lipinski definition) is 2. The van der Waals surface area contributed by atoms with Crippen molar-refractivity contribution in [2.75, 3.05) is 0 Å². The second kappa shape index (κ2) is 16.6. The number of amidine groups is 1. The van der Waals surface area contributed by atoms with Crippen molar-refractivity contribution in [2.24, 2.45) is 4.99 Å². The predicted octanol–water partition coefficient (Wildman–Crippen LogP) is 14.8. The van der Waals surface area contributed by atoms with E-state index in [2.05, 4.69) is 248 Å². The fourth-order valence-electron chi connectivity index (χ4n) is 8.11. The molecule has 0 aliphatic carbocycles. The molecule has 0 aromatic heterocycles. The Labute approximate surface area is 352 Å². The Morgan fingerprint density at radius 2 is 0.567 bits per heavy atom. The van der Waals surface area contributed by atoms with Crippen LogP contribution in [0.2, 0.25) is 0 Å². The van der Waals surface area contributed by atoms with E-state index in [-0.39, 0.29) is 6.04 Å². The van der Waals surface area contributed by atoms with Crippen molar-refractivity contribution in [1.82, 2.24) is 5.32 Å². The fraction of sp³-hybridized carbons (Fsp3) is 0.0172. The lowest BCUT2D eigenvalue weighted by molar-refractivity contribution is 0.781. The average Bonchev–Trinajstić information content (AvgIpc) is 3.35. The van der Waals surface area contributed by atoms with Crippen molar-refractivity contribution in [1.29, 1.82) is 0 Å². The van der Waals surface area contributed by atoms with Crippen LogP contribution in [0.1, 0.15) is 22.7 Å². The largest absolute Gasteiger partial charge is 0.359 e. The maximum absolute atomic E-state index is 5.28. The van der Waals surface area contributed by atoms with Gasteiger partial charge in [-0.15, -0.1) is 0 Å². The van der Waals surface area contributed by atoms with Crippen molar-refractivity contribution in [3.63, 3.8) is 0 Å². The van der Waals surface area contributed by atoms with Crippen LogP contribution in [0, 0.1) is 0 Å². The zero-order valence-electron chi connectivity index (χ0n) is 33.1. The van der Waals surface area contributed by atoms with Crippen LogP contribution in [0.5, 0.6) is 0 Å². The first kappa shape index (κ1) is 36.5. The van der Waals surface area contributed by atoms with Gasteiger partial charge in [0.25, 0.3) is 0 Å². The third-order valence-electron chi connectivity index (χ3n) is 11.3. The Hall–Kier alpha value is -7.81. The van der Waals surface area contributed by atoms with Gasteiger partial charge >= 0.3 is 0 Å². The highest BCUT2D eigenvalue weighted by Crippen LogP contribution is 2.34. The fourth-order valence-corrected chi connectivity index (χ4v) is 8.11. The van der Waals surface area contributed by atoms with Crippen LogP contribution in [-0.2, 0) is 0 Å². The summed E-state index contributed by atoms with van der Waals surface area (Å²) in [6.45, 7) is 0. The van der Waals surface area contributed by atoms with Gasteiger partial charge in [0.2, 0.25) is 0 Å². The van der Waals surface area contributed by atoms with E-state index < -0.39 is 0 Å². The lowest BCUT2D eigenvalue weighted by atomic mass is 9.94. The molecule has 1 heterocycles. The topological polar surface area (TPSA) is 24.4 Å². The minimum atomic E-state index is -0.0868. The van der Waals surface area contributed by atoms with E-state index in [9.17, 15) is 0 Å². The predicted molar refractivity (Wildman–Crippen MR) is 252 cm³/mol. The van der Waals surface area contributed by atoms with Crippen molar-refractivity contribution in [3.8, 4) is 66.8 Å². The van der Waals surface area contributed by atoms with Crippen molar-refractivity contribution < 1.29 is 0 Å². The summed E-state index contributed by atoms with van der Waals surface area (Å²) >= 11 is 0. The molecule has 0 saturated heterocycles. The van der Waals surface area contributed by atoms with Crippen LogP contribution in [0.3, 0.4) is 0 Å². The van der Waals surface area contributed by atoms with Crippen LogP contribution in [0.15, 0.2) is 248 Å². The highest BCUT2D eigenvalue weighted by atomic mass is 15.0. The molecule has 0 spiro atoms. The van der Waals surface area contributed by atoms with E-state index in [1.807, 2.05) is 0 Å². The second-order valence-electron chi connectivity index (χ2n) is 15.3. The van der Waals surface area contributed by atoms with E-state index in [0.717, 1.165) is 28.2 Å². The Balaban J connectivity index is 0.963. The minimum Gasteiger partial charge on any atom is -0.359 e. The van der Waals surface area contributed by atoms with Gasteiger partial charge in [0, 0.05) is 5.56 Å². The Kier molecular flexibility index (Phi) is 10.1. The lowest BCUT2D eigenvalue weighted by Crippen LogP contribution is -2.31. The maximum atomic E-state index is 5.28.